The summed E-state index contributed by atoms with van der Waals surface area (Å²) in [6.45, 7) is 3.42. The molecule has 0 aromatic carbocycles. The van der Waals surface area contributed by atoms with Crippen LogP contribution in [0.5, 0.6) is 0 Å². The largest absolute Gasteiger partial charge is 0.335 e. The number of fused-ring (bicyclic) bond motifs is 1. The summed E-state index contributed by atoms with van der Waals surface area (Å²) >= 11 is 0. The smallest absolute Gasteiger partial charge is 0.108 e. The fourth-order valence-corrected chi connectivity index (χ4v) is 1.41. The summed E-state index contributed by atoms with van der Waals surface area (Å²) in [6.07, 6.45) is 5.09. The van der Waals surface area contributed by atoms with Gasteiger partial charge in [0, 0.05) is 25.4 Å². The van der Waals surface area contributed by atoms with E-state index in [0.29, 0.717) is 0 Å². The van der Waals surface area contributed by atoms with Crippen LogP contribution < -0.4 is 0 Å². The first kappa shape index (κ1) is 5.03. The van der Waals surface area contributed by atoms with Crippen molar-refractivity contribution < 1.29 is 0 Å². The first-order valence-corrected chi connectivity index (χ1v) is 3.36. The zero-order valence-electron chi connectivity index (χ0n) is 5.54. The molecule has 0 spiro atoms. The minimum Gasteiger partial charge on any atom is -0.335 e. The minimum atomic E-state index is 0.800. The van der Waals surface area contributed by atoms with Crippen molar-refractivity contribution in [3.8, 4) is 0 Å². The maximum atomic E-state index is 4.21. The zero-order valence-corrected chi connectivity index (χ0v) is 5.54. The van der Waals surface area contributed by atoms with Crippen LogP contribution in [0.15, 0.2) is 12.4 Å². The van der Waals surface area contributed by atoms with Crippen LogP contribution in [0.4, 0.5) is 0 Å². The van der Waals surface area contributed by atoms with Gasteiger partial charge in [-0.2, -0.15) is 0 Å². The monoisotopic (exact) mass is 122 g/mol. The van der Waals surface area contributed by atoms with E-state index in [4.69, 9.17) is 0 Å². The van der Waals surface area contributed by atoms with Gasteiger partial charge in [-0.15, -0.1) is 0 Å². The number of nitrogens with zero attached hydrogens (tertiary/aromatic N) is 2. The molecule has 1 unspecified atom stereocenters. The highest BCUT2D eigenvalue weighted by molar-refractivity contribution is 4.98. The van der Waals surface area contributed by atoms with E-state index in [2.05, 4.69) is 22.7 Å². The van der Waals surface area contributed by atoms with Gasteiger partial charge >= 0.3 is 0 Å². The quantitative estimate of drug-likeness (QED) is 0.503. The molecular formula is C7H10N2. The van der Waals surface area contributed by atoms with Crippen molar-refractivity contribution in [1.82, 2.24) is 9.55 Å². The fraction of sp³-hybridized carbons (Fsp3) is 0.571. The molecule has 1 aliphatic rings. The predicted octanol–water partition coefficient (Wildman–Crippen LogP) is 1.08. The molecule has 48 valence electrons. The Morgan fingerprint density at radius 1 is 1.78 bits per heavy atom. The Bertz CT molecular complexity index is 194. The molecule has 0 N–H and O–H groups in total. The lowest BCUT2D eigenvalue weighted by Gasteiger charge is -1.95. The molecule has 1 aliphatic heterocycles. The Labute approximate surface area is 54.5 Å². The van der Waals surface area contributed by atoms with Crippen LogP contribution in [-0.4, -0.2) is 9.55 Å². The Kier molecular flexibility index (Phi) is 0.891. The van der Waals surface area contributed by atoms with Gasteiger partial charge < -0.3 is 4.57 Å². The molecule has 1 aromatic rings. The normalized spacial score (nSPS) is 24.3. The molecule has 0 radical (unpaired) electrons. The van der Waals surface area contributed by atoms with Gasteiger partial charge in [0.05, 0.1) is 0 Å². The number of hydrogen-bond acceptors (Lipinski definition) is 1. The van der Waals surface area contributed by atoms with E-state index in [1.165, 1.54) is 5.82 Å². The van der Waals surface area contributed by atoms with Crippen LogP contribution in [0.2, 0.25) is 0 Å². The maximum Gasteiger partial charge on any atom is 0.108 e. The molecular weight excluding hydrogens is 112 g/mol. The van der Waals surface area contributed by atoms with Gasteiger partial charge in [-0.3, -0.25) is 0 Å². The molecule has 2 heteroatoms. The van der Waals surface area contributed by atoms with Crippen molar-refractivity contribution in [2.75, 3.05) is 0 Å². The van der Waals surface area contributed by atoms with Crippen molar-refractivity contribution in [1.29, 1.82) is 0 Å². The Hall–Kier alpha value is -0.790. The number of hydrogen-bond donors (Lipinski definition) is 0. The molecule has 2 nitrogen and oxygen atoms in total. The van der Waals surface area contributed by atoms with Crippen molar-refractivity contribution in [2.24, 2.45) is 5.92 Å². The van der Waals surface area contributed by atoms with Crippen LogP contribution in [0, 0.1) is 5.92 Å². The van der Waals surface area contributed by atoms with Gasteiger partial charge in [0.25, 0.3) is 0 Å². The van der Waals surface area contributed by atoms with Crippen LogP contribution in [-0.2, 0) is 13.0 Å². The Morgan fingerprint density at radius 2 is 2.67 bits per heavy atom. The highest BCUT2D eigenvalue weighted by atomic mass is 15.1. The maximum absolute atomic E-state index is 4.21. The van der Waals surface area contributed by atoms with Gasteiger partial charge in [-0.1, -0.05) is 6.92 Å². The molecule has 0 amide bonds. The Morgan fingerprint density at radius 3 is 3.44 bits per heavy atom. The minimum absolute atomic E-state index is 0.800. The lowest BCUT2D eigenvalue weighted by atomic mass is 10.1. The van der Waals surface area contributed by atoms with Crippen molar-refractivity contribution in [2.45, 2.75) is 19.9 Å². The summed E-state index contributed by atoms with van der Waals surface area (Å²) in [5, 5.41) is 0. The molecule has 1 atom stereocenters. The molecule has 2 heterocycles. The third kappa shape index (κ3) is 0.661. The summed E-state index contributed by atoms with van der Waals surface area (Å²) in [4.78, 5) is 4.21. The van der Waals surface area contributed by atoms with E-state index in [-0.39, 0.29) is 0 Å². The summed E-state index contributed by atoms with van der Waals surface area (Å²) in [6, 6.07) is 0. The third-order valence-electron chi connectivity index (χ3n) is 1.84. The molecule has 0 bridgehead atoms. The standard InChI is InChI=1S/C7H10N2/c1-6-4-7-8-2-3-9(7)5-6/h2-3,6H,4-5H2,1H3. The fourth-order valence-electron chi connectivity index (χ4n) is 1.41. The summed E-state index contributed by atoms with van der Waals surface area (Å²) < 4.78 is 2.23. The topological polar surface area (TPSA) is 17.8 Å². The van der Waals surface area contributed by atoms with Crippen molar-refractivity contribution in [3.05, 3.63) is 18.2 Å². The average Bonchev–Trinajstić information content (AvgIpc) is 2.22. The first-order valence-electron chi connectivity index (χ1n) is 3.36. The van der Waals surface area contributed by atoms with Crippen molar-refractivity contribution >= 4 is 0 Å². The van der Waals surface area contributed by atoms with Gasteiger partial charge in [-0.25, -0.2) is 4.98 Å². The molecule has 9 heavy (non-hydrogen) atoms. The number of aromatic nitrogens is 2. The van der Waals surface area contributed by atoms with Crippen LogP contribution in [0.25, 0.3) is 0 Å². The van der Waals surface area contributed by atoms with E-state index in [9.17, 15) is 0 Å². The first-order chi connectivity index (χ1) is 4.36. The predicted molar refractivity (Wildman–Crippen MR) is 35.1 cm³/mol. The average molecular weight is 122 g/mol. The van der Waals surface area contributed by atoms with Gasteiger partial charge in [0.15, 0.2) is 0 Å². The van der Waals surface area contributed by atoms with Gasteiger partial charge in [-0.05, 0) is 5.92 Å². The zero-order chi connectivity index (χ0) is 6.27. The van der Waals surface area contributed by atoms with Crippen LogP contribution in [0.3, 0.4) is 0 Å². The van der Waals surface area contributed by atoms with E-state index < -0.39 is 0 Å². The molecule has 0 aliphatic carbocycles. The van der Waals surface area contributed by atoms with E-state index in [1.54, 1.807) is 0 Å². The second kappa shape index (κ2) is 1.59. The van der Waals surface area contributed by atoms with E-state index in [1.807, 2.05) is 6.20 Å². The molecule has 1 aromatic heterocycles. The number of rotatable bonds is 0. The molecule has 0 fully saturated rings. The Balaban J connectivity index is 2.39. The summed E-state index contributed by atoms with van der Waals surface area (Å²) in [5.41, 5.74) is 0. The highest BCUT2D eigenvalue weighted by Gasteiger charge is 2.16. The van der Waals surface area contributed by atoms with E-state index >= 15 is 0 Å². The summed E-state index contributed by atoms with van der Waals surface area (Å²) in [5.74, 6) is 2.05. The molecule has 0 saturated heterocycles. The number of imidazole rings is 1. The SMILES string of the molecule is CC1Cc2nccn2C1. The van der Waals surface area contributed by atoms with Crippen LogP contribution in [0.1, 0.15) is 12.7 Å². The second-order valence-corrected chi connectivity index (χ2v) is 2.81. The molecule has 2 rings (SSSR count). The lowest BCUT2D eigenvalue weighted by molar-refractivity contribution is 0.563. The lowest BCUT2D eigenvalue weighted by Crippen LogP contribution is -1.94. The van der Waals surface area contributed by atoms with Crippen molar-refractivity contribution in [3.63, 3.8) is 0 Å². The summed E-state index contributed by atoms with van der Waals surface area (Å²) in [7, 11) is 0. The highest BCUT2D eigenvalue weighted by Crippen LogP contribution is 2.16. The second-order valence-electron chi connectivity index (χ2n) is 2.81. The van der Waals surface area contributed by atoms with E-state index in [0.717, 1.165) is 18.9 Å². The van der Waals surface area contributed by atoms with Gasteiger partial charge in [0.2, 0.25) is 0 Å². The third-order valence-corrected chi connectivity index (χ3v) is 1.84. The van der Waals surface area contributed by atoms with Crippen LogP contribution >= 0.6 is 0 Å². The van der Waals surface area contributed by atoms with Gasteiger partial charge in [0.1, 0.15) is 5.82 Å². The molecule has 0 saturated carbocycles.